The standard InChI is InChI=1S/C12H25NS/c1-3-4-10-13-11-12(14-2)8-6-5-7-9-12/h13H,3-11H2,1-2H3. The van der Waals surface area contributed by atoms with E-state index in [4.69, 9.17) is 0 Å². The minimum Gasteiger partial charge on any atom is -0.315 e. The molecule has 1 rings (SSSR count). The first-order valence-corrected chi connectivity index (χ1v) is 7.31. The van der Waals surface area contributed by atoms with E-state index in [1.165, 1.54) is 58.0 Å². The van der Waals surface area contributed by atoms with E-state index in [0.29, 0.717) is 4.75 Å². The number of nitrogens with one attached hydrogen (secondary N) is 1. The van der Waals surface area contributed by atoms with Gasteiger partial charge in [0.1, 0.15) is 0 Å². The molecule has 0 bridgehead atoms. The fourth-order valence-corrected chi connectivity index (χ4v) is 3.21. The molecule has 0 spiro atoms. The van der Waals surface area contributed by atoms with Gasteiger partial charge in [-0.25, -0.2) is 0 Å². The summed E-state index contributed by atoms with van der Waals surface area (Å²) in [6, 6.07) is 0. The van der Waals surface area contributed by atoms with Crippen LogP contribution in [0.15, 0.2) is 0 Å². The van der Waals surface area contributed by atoms with Crippen LogP contribution >= 0.6 is 11.8 Å². The van der Waals surface area contributed by atoms with E-state index in [-0.39, 0.29) is 0 Å². The van der Waals surface area contributed by atoms with Gasteiger partial charge in [-0.15, -0.1) is 0 Å². The first kappa shape index (κ1) is 12.4. The molecule has 14 heavy (non-hydrogen) atoms. The fraction of sp³-hybridized carbons (Fsp3) is 1.00. The van der Waals surface area contributed by atoms with Gasteiger partial charge < -0.3 is 5.32 Å². The van der Waals surface area contributed by atoms with Gasteiger partial charge >= 0.3 is 0 Å². The van der Waals surface area contributed by atoms with Crippen LogP contribution < -0.4 is 5.32 Å². The second-order valence-corrected chi connectivity index (χ2v) is 5.75. The topological polar surface area (TPSA) is 12.0 Å². The maximum Gasteiger partial charge on any atom is 0.0281 e. The molecule has 1 aliphatic rings. The highest BCUT2D eigenvalue weighted by Gasteiger charge is 2.30. The SMILES string of the molecule is CCCCNCC1(SC)CCCCC1. The van der Waals surface area contributed by atoms with Gasteiger partial charge in [-0.1, -0.05) is 32.6 Å². The molecule has 0 unspecified atom stereocenters. The lowest BCUT2D eigenvalue weighted by Crippen LogP contribution is -2.39. The average Bonchev–Trinajstić information content (AvgIpc) is 2.26. The van der Waals surface area contributed by atoms with Gasteiger partial charge in [0.25, 0.3) is 0 Å². The number of hydrogen-bond donors (Lipinski definition) is 1. The molecule has 84 valence electrons. The lowest BCUT2D eigenvalue weighted by molar-refractivity contribution is 0.379. The molecule has 1 nitrogen and oxygen atoms in total. The Morgan fingerprint density at radius 1 is 1.21 bits per heavy atom. The van der Waals surface area contributed by atoms with Crippen molar-refractivity contribution in [2.45, 2.75) is 56.6 Å². The number of thioether (sulfide) groups is 1. The third kappa shape index (κ3) is 3.82. The lowest BCUT2D eigenvalue weighted by Gasteiger charge is -2.36. The van der Waals surface area contributed by atoms with Gasteiger partial charge in [0, 0.05) is 11.3 Å². The highest BCUT2D eigenvalue weighted by molar-refractivity contribution is 8.00. The number of rotatable bonds is 6. The molecule has 0 saturated heterocycles. The van der Waals surface area contributed by atoms with Gasteiger partial charge in [0.15, 0.2) is 0 Å². The Labute approximate surface area is 93.4 Å². The second kappa shape index (κ2) is 6.73. The summed E-state index contributed by atoms with van der Waals surface area (Å²) in [6.07, 6.45) is 12.1. The van der Waals surface area contributed by atoms with E-state index in [9.17, 15) is 0 Å². The molecular weight excluding hydrogens is 190 g/mol. The van der Waals surface area contributed by atoms with Crippen molar-refractivity contribution in [2.24, 2.45) is 0 Å². The van der Waals surface area contributed by atoms with Crippen LogP contribution in [0.1, 0.15) is 51.9 Å². The summed E-state index contributed by atoms with van der Waals surface area (Å²) in [5, 5.41) is 3.63. The zero-order valence-corrected chi connectivity index (χ0v) is 10.6. The maximum atomic E-state index is 3.63. The Balaban J connectivity index is 2.22. The highest BCUT2D eigenvalue weighted by atomic mass is 32.2. The molecule has 1 N–H and O–H groups in total. The molecule has 0 aromatic rings. The summed E-state index contributed by atoms with van der Waals surface area (Å²) in [5.41, 5.74) is 0. The van der Waals surface area contributed by atoms with E-state index >= 15 is 0 Å². The Hall–Kier alpha value is 0.310. The first-order chi connectivity index (χ1) is 6.83. The molecule has 0 aliphatic heterocycles. The minimum absolute atomic E-state index is 0.575. The van der Waals surface area contributed by atoms with Crippen LogP contribution in [0.2, 0.25) is 0 Å². The summed E-state index contributed by atoms with van der Waals surface area (Å²) < 4.78 is 0.575. The third-order valence-electron chi connectivity index (χ3n) is 3.35. The van der Waals surface area contributed by atoms with Gasteiger partial charge in [0.2, 0.25) is 0 Å². The quantitative estimate of drug-likeness (QED) is 0.681. The van der Waals surface area contributed by atoms with Gasteiger partial charge in [0.05, 0.1) is 0 Å². The summed E-state index contributed by atoms with van der Waals surface area (Å²) in [7, 11) is 0. The molecule has 0 heterocycles. The van der Waals surface area contributed by atoms with Crippen molar-refractivity contribution >= 4 is 11.8 Å². The maximum absolute atomic E-state index is 3.63. The minimum atomic E-state index is 0.575. The van der Waals surface area contributed by atoms with Crippen LogP contribution in [0.25, 0.3) is 0 Å². The summed E-state index contributed by atoms with van der Waals surface area (Å²) in [6.45, 7) is 4.69. The molecule has 1 fully saturated rings. The van der Waals surface area contributed by atoms with Crippen molar-refractivity contribution < 1.29 is 0 Å². The van der Waals surface area contributed by atoms with E-state index < -0.39 is 0 Å². The molecule has 1 aliphatic carbocycles. The lowest BCUT2D eigenvalue weighted by atomic mass is 9.88. The molecule has 0 aromatic carbocycles. The summed E-state index contributed by atoms with van der Waals surface area (Å²) in [4.78, 5) is 0. The van der Waals surface area contributed by atoms with Gasteiger partial charge in [-0.05, 0) is 32.1 Å². The zero-order valence-electron chi connectivity index (χ0n) is 9.77. The number of hydrogen-bond acceptors (Lipinski definition) is 2. The summed E-state index contributed by atoms with van der Waals surface area (Å²) in [5.74, 6) is 0. The normalized spacial score (nSPS) is 21.0. The number of unbranched alkanes of at least 4 members (excludes halogenated alkanes) is 1. The van der Waals surface area contributed by atoms with Gasteiger partial charge in [-0.3, -0.25) is 0 Å². The first-order valence-electron chi connectivity index (χ1n) is 6.09. The monoisotopic (exact) mass is 215 g/mol. The van der Waals surface area contributed by atoms with Crippen LogP contribution in [-0.4, -0.2) is 24.1 Å². The predicted octanol–water partition coefficient (Wildman–Crippen LogP) is 3.44. The van der Waals surface area contributed by atoms with E-state index in [0.717, 1.165) is 0 Å². The van der Waals surface area contributed by atoms with Gasteiger partial charge in [-0.2, -0.15) is 11.8 Å². The second-order valence-electron chi connectivity index (χ2n) is 4.48. The van der Waals surface area contributed by atoms with Crippen molar-refractivity contribution in [3.05, 3.63) is 0 Å². The van der Waals surface area contributed by atoms with E-state index in [2.05, 4.69) is 30.3 Å². The average molecular weight is 215 g/mol. The van der Waals surface area contributed by atoms with Crippen molar-refractivity contribution in [1.29, 1.82) is 0 Å². The summed E-state index contributed by atoms with van der Waals surface area (Å²) >= 11 is 2.09. The zero-order chi connectivity index (χ0) is 10.3. The van der Waals surface area contributed by atoms with Crippen molar-refractivity contribution in [3.63, 3.8) is 0 Å². The Bertz CT molecular complexity index is 141. The van der Waals surface area contributed by atoms with Crippen LogP contribution in [0, 0.1) is 0 Å². The molecule has 0 atom stereocenters. The molecule has 0 radical (unpaired) electrons. The van der Waals surface area contributed by atoms with Crippen molar-refractivity contribution in [3.8, 4) is 0 Å². The Morgan fingerprint density at radius 2 is 1.93 bits per heavy atom. The predicted molar refractivity (Wildman–Crippen MR) is 67.1 cm³/mol. The highest BCUT2D eigenvalue weighted by Crippen LogP contribution is 2.37. The van der Waals surface area contributed by atoms with Crippen LogP contribution in [0.3, 0.4) is 0 Å². The molecule has 2 heteroatoms. The van der Waals surface area contributed by atoms with Crippen molar-refractivity contribution in [1.82, 2.24) is 5.32 Å². The fourth-order valence-electron chi connectivity index (χ4n) is 2.27. The van der Waals surface area contributed by atoms with Crippen LogP contribution in [-0.2, 0) is 0 Å². The largest absolute Gasteiger partial charge is 0.315 e. The van der Waals surface area contributed by atoms with Crippen LogP contribution in [0.4, 0.5) is 0 Å². The Kier molecular flexibility index (Phi) is 5.95. The molecule has 0 aromatic heterocycles. The Morgan fingerprint density at radius 3 is 2.50 bits per heavy atom. The van der Waals surface area contributed by atoms with Crippen LogP contribution in [0.5, 0.6) is 0 Å². The van der Waals surface area contributed by atoms with Crippen molar-refractivity contribution in [2.75, 3.05) is 19.3 Å². The third-order valence-corrected chi connectivity index (χ3v) is 4.77. The van der Waals surface area contributed by atoms with E-state index in [1.54, 1.807) is 0 Å². The molecule has 1 saturated carbocycles. The van der Waals surface area contributed by atoms with E-state index in [1.807, 2.05) is 0 Å². The molecule has 0 amide bonds. The molecular formula is C12H25NS. The smallest absolute Gasteiger partial charge is 0.0281 e.